The number of halogens is 2. The van der Waals surface area contributed by atoms with E-state index in [2.05, 4.69) is 0 Å². The summed E-state index contributed by atoms with van der Waals surface area (Å²) < 4.78 is 0. The van der Waals surface area contributed by atoms with Gasteiger partial charge in [-0.1, -0.05) is 35.3 Å². The van der Waals surface area contributed by atoms with Crippen molar-refractivity contribution in [3.8, 4) is 0 Å². The predicted octanol–water partition coefficient (Wildman–Crippen LogP) is 3.47. The molecule has 0 radical (unpaired) electrons. The number of aliphatic carboxylic acids is 1. The van der Waals surface area contributed by atoms with Crippen LogP contribution in [0.4, 0.5) is 0 Å². The Kier molecular flexibility index (Phi) is 5.26. The first-order valence-corrected chi connectivity index (χ1v) is 7.42. The average Bonchev–Trinajstić information content (AvgIpc) is 2.48. The van der Waals surface area contributed by atoms with Crippen molar-refractivity contribution in [2.45, 2.75) is 25.3 Å². The zero-order valence-electron chi connectivity index (χ0n) is 11.3. The molecule has 0 aliphatic carbocycles. The van der Waals surface area contributed by atoms with Crippen molar-refractivity contribution in [1.29, 1.82) is 0 Å². The topological polar surface area (TPSA) is 57.6 Å². The number of carbonyl (C=O) groups is 2. The van der Waals surface area contributed by atoms with Crippen molar-refractivity contribution < 1.29 is 14.7 Å². The Balaban J connectivity index is 2.14. The highest BCUT2D eigenvalue weighted by molar-refractivity contribution is 6.42. The van der Waals surface area contributed by atoms with Gasteiger partial charge in [0.25, 0.3) is 0 Å². The van der Waals surface area contributed by atoms with Gasteiger partial charge in [-0.25, -0.2) is 4.79 Å². The Hall–Kier alpha value is -1.52. The summed E-state index contributed by atoms with van der Waals surface area (Å²) in [5, 5.41) is 9.95. The number of hydrogen-bond donors (Lipinski definition) is 1. The summed E-state index contributed by atoms with van der Waals surface area (Å²) in [4.78, 5) is 24.8. The van der Waals surface area contributed by atoms with Gasteiger partial charge < -0.3 is 10.0 Å². The molecule has 1 aromatic rings. The molecule has 0 aromatic heterocycles. The monoisotopic (exact) mass is 327 g/mol. The van der Waals surface area contributed by atoms with Gasteiger partial charge in [-0.05, 0) is 37.0 Å². The molecule has 2 rings (SSSR count). The van der Waals surface area contributed by atoms with Gasteiger partial charge >= 0.3 is 5.97 Å². The van der Waals surface area contributed by atoms with Gasteiger partial charge in [-0.15, -0.1) is 0 Å². The van der Waals surface area contributed by atoms with E-state index >= 15 is 0 Å². The molecule has 112 valence electrons. The lowest BCUT2D eigenvalue weighted by Crippen LogP contribution is -2.47. The maximum absolute atomic E-state index is 12.2. The smallest absolute Gasteiger partial charge is 0.326 e. The summed E-state index contributed by atoms with van der Waals surface area (Å²) in [6.07, 6.45) is 5.04. The van der Waals surface area contributed by atoms with Crippen LogP contribution in [0.3, 0.4) is 0 Å². The van der Waals surface area contributed by atoms with Gasteiger partial charge in [0.15, 0.2) is 0 Å². The molecule has 1 aromatic carbocycles. The van der Waals surface area contributed by atoms with Gasteiger partial charge in [-0.2, -0.15) is 0 Å². The average molecular weight is 328 g/mol. The van der Waals surface area contributed by atoms with Crippen LogP contribution in [0.25, 0.3) is 6.08 Å². The van der Waals surface area contributed by atoms with Crippen molar-refractivity contribution >= 4 is 41.2 Å². The van der Waals surface area contributed by atoms with Crippen LogP contribution in [-0.4, -0.2) is 34.5 Å². The van der Waals surface area contributed by atoms with Crippen LogP contribution >= 0.6 is 23.2 Å². The lowest BCUT2D eigenvalue weighted by atomic mass is 10.0. The molecule has 4 nitrogen and oxygen atoms in total. The summed E-state index contributed by atoms with van der Waals surface area (Å²) >= 11 is 11.9. The molecule has 1 aliphatic rings. The number of benzene rings is 1. The molecule has 0 bridgehead atoms. The fraction of sp³-hybridized carbons (Fsp3) is 0.333. The molecule has 21 heavy (non-hydrogen) atoms. The zero-order valence-corrected chi connectivity index (χ0v) is 12.8. The van der Waals surface area contributed by atoms with Gasteiger partial charge in [-0.3, -0.25) is 4.79 Å². The minimum absolute atomic E-state index is 0.321. The van der Waals surface area contributed by atoms with Crippen LogP contribution in [0.15, 0.2) is 24.3 Å². The van der Waals surface area contributed by atoms with E-state index in [0.717, 1.165) is 12.8 Å². The fourth-order valence-electron chi connectivity index (χ4n) is 2.36. The van der Waals surface area contributed by atoms with Gasteiger partial charge in [0.05, 0.1) is 10.0 Å². The van der Waals surface area contributed by atoms with E-state index in [1.165, 1.54) is 11.0 Å². The minimum Gasteiger partial charge on any atom is -0.480 e. The first-order chi connectivity index (χ1) is 10.0. The number of hydrogen-bond acceptors (Lipinski definition) is 2. The maximum Gasteiger partial charge on any atom is 0.326 e. The van der Waals surface area contributed by atoms with Crippen LogP contribution in [0.5, 0.6) is 0 Å². The van der Waals surface area contributed by atoms with Crippen molar-refractivity contribution in [1.82, 2.24) is 4.90 Å². The van der Waals surface area contributed by atoms with Crippen LogP contribution in [0.1, 0.15) is 24.8 Å². The predicted molar refractivity (Wildman–Crippen MR) is 82.5 cm³/mol. The Labute approximate surface area is 133 Å². The third-order valence-corrected chi connectivity index (χ3v) is 4.29. The van der Waals surface area contributed by atoms with E-state index < -0.39 is 12.0 Å². The normalized spacial score (nSPS) is 19.0. The Morgan fingerprint density at radius 3 is 2.76 bits per heavy atom. The number of carbonyl (C=O) groups excluding carboxylic acids is 1. The second-order valence-corrected chi connectivity index (χ2v) is 5.64. The molecule has 1 atom stereocenters. The second-order valence-electron chi connectivity index (χ2n) is 4.86. The maximum atomic E-state index is 12.2. The lowest BCUT2D eigenvalue weighted by Gasteiger charge is -2.32. The molecule has 1 heterocycles. The van der Waals surface area contributed by atoms with Crippen molar-refractivity contribution in [2.24, 2.45) is 0 Å². The molecule has 0 spiro atoms. The quantitative estimate of drug-likeness (QED) is 0.865. The number of amides is 1. The Bertz CT molecular complexity index is 586. The molecule has 1 amide bonds. The van der Waals surface area contributed by atoms with Gasteiger partial charge in [0, 0.05) is 12.6 Å². The van der Waals surface area contributed by atoms with Crippen LogP contribution in [0.2, 0.25) is 10.0 Å². The standard InChI is InChI=1S/C15H15Cl2NO3/c16-11-5-3-4-10(14(11)17)7-8-13(19)18-9-2-1-6-12(18)15(20)21/h3-5,7-8,12H,1-2,6,9H2,(H,20,21)/b8-7+. The molecule has 1 N–H and O–H groups in total. The summed E-state index contributed by atoms with van der Waals surface area (Å²) in [6.45, 7) is 0.462. The summed E-state index contributed by atoms with van der Waals surface area (Å²) in [6, 6.07) is 4.39. The van der Waals surface area contributed by atoms with Crippen molar-refractivity contribution in [2.75, 3.05) is 6.54 Å². The van der Waals surface area contributed by atoms with Crippen LogP contribution in [-0.2, 0) is 9.59 Å². The lowest BCUT2D eigenvalue weighted by molar-refractivity contribution is -0.150. The Morgan fingerprint density at radius 2 is 2.05 bits per heavy atom. The third-order valence-electron chi connectivity index (χ3n) is 3.46. The van der Waals surface area contributed by atoms with Gasteiger partial charge in [0.1, 0.15) is 6.04 Å². The number of piperidine rings is 1. The van der Waals surface area contributed by atoms with E-state index in [4.69, 9.17) is 28.3 Å². The van der Waals surface area contributed by atoms with E-state index in [9.17, 15) is 9.59 Å². The number of nitrogens with zero attached hydrogens (tertiary/aromatic N) is 1. The van der Waals surface area contributed by atoms with E-state index in [1.807, 2.05) is 0 Å². The molecule has 6 heteroatoms. The third kappa shape index (κ3) is 3.77. The van der Waals surface area contributed by atoms with E-state index in [1.54, 1.807) is 24.3 Å². The molecular formula is C15H15Cl2NO3. The fourth-order valence-corrected chi connectivity index (χ4v) is 2.73. The highest BCUT2D eigenvalue weighted by atomic mass is 35.5. The SMILES string of the molecule is O=C(O)C1CCCCN1C(=O)/C=C/c1cccc(Cl)c1Cl. The van der Waals surface area contributed by atoms with Crippen LogP contribution < -0.4 is 0 Å². The molecule has 1 fully saturated rings. The summed E-state index contributed by atoms with van der Waals surface area (Å²) in [5.41, 5.74) is 0.626. The van der Waals surface area contributed by atoms with Crippen molar-refractivity contribution in [3.63, 3.8) is 0 Å². The number of likely N-dealkylation sites (tertiary alicyclic amines) is 1. The first kappa shape index (κ1) is 15.9. The molecule has 1 saturated heterocycles. The number of carboxylic acid groups (broad SMARTS) is 1. The minimum atomic E-state index is -0.961. The largest absolute Gasteiger partial charge is 0.480 e. The van der Waals surface area contributed by atoms with Gasteiger partial charge in [0.2, 0.25) is 5.91 Å². The molecule has 0 saturated carbocycles. The zero-order chi connectivity index (χ0) is 15.4. The Morgan fingerprint density at radius 1 is 1.29 bits per heavy atom. The van der Waals surface area contributed by atoms with E-state index in [-0.39, 0.29) is 5.91 Å². The second kappa shape index (κ2) is 6.96. The van der Waals surface area contributed by atoms with Crippen LogP contribution in [0, 0.1) is 0 Å². The summed E-state index contributed by atoms with van der Waals surface area (Å²) in [7, 11) is 0. The molecular weight excluding hydrogens is 313 g/mol. The molecule has 1 unspecified atom stereocenters. The van der Waals surface area contributed by atoms with Crippen molar-refractivity contribution in [3.05, 3.63) is 39.9 Å². The highest BCUT2D eigenvalue weighted by Crippen LogP contribution is 2.26. The van der Waals surface area contributed by atoms with E-state index in [0.29, 0.717) is 28.6 Å². The molecule has 1 aliphatic heterocycles. The summed E-state index contributed by atoms with van der Waals surface area (Å²) in [5.74, 6) is -1.28. The number of carboxylic acids is 1. The first-order valence-electron chi connectivity index (χ1n) is 6.66. The highest BCUT2D eigenvalue weighted by Gasteiger charge is 2.30. The number of rotatable bonds is 3.